The number of sulfone groups is 1. The second-order valence-corrected chi connectivity index (χ2v) is 21.8. The van der Waals surface area contributed by atoms with Crippen LogP contribution >= 0.6 is 11.6 Å². The predicted molar refractivity (Wildman–Crippen MR) is 264 cm³/mol. The van der Waals surface area contributed by atoms with E-state index in [1.165, 1.54) is 25.3 Å². The van der Waals surface area contributed by atoms with Gasteiger partial charge in [0.25, 0.3) is 25.8 Å². The van der Waals surface area contributed by atoms with Crippen LogP contribution in [0.5, 0.6) is 17.2 Å². The highest BCUT2D eigenvalue weighted by molar-refractivity contribution is 7.92. The van der Waals surface area contributed by atoms with Gasteiger partial charge in [0.15, 0.2) is 0 Å². The van der Waals surface area contributed by atoms with Crippen molar-refractivity contribution in [3.63, 3.8) is 0 Å². The van der Waals surface area contributed by atoms with Crippen molar-refractivity contribution in [2.75, 3.05) is 82.4 Å². The molecular formula is C51H57ClF3N5O8S2. The Morgan fingerprint density at radius 3 is 2.21 bits per heavy atom. The number of alkyl halides is 3. The van der Waals surface area contributed by atoms with Crippen LogP contribution in [0.15, 0.2) is 119 Å². The molecule has 2 N–H and O–H groups in total. The SMILES string of the molecule is O=C(NS(=O)(=O)c1ccc(NCC2CCOCC2)c(S(=O)(=O)C(F)(F)F)c1)c1ccc(N2CCN(Cc3c(OCCCN4CCCCC4)cccc3-c3ccc(Cl)cc3)CC2)cc1Oc1ccccc1. The van der Waals surface area contributed by atoms with E-state index in [0.717, 1.165) is 60.6 Å². The Balaban J connectivity index is 0.988. The molecule has 3 aliphatic heterocycles. The fourth-order valence-corrected chi connectivity index (χ4v) is 11.2. The fraction of sp³-hybridized carbons (Fsp3) is 0.392. The van der Waals surface area contributed by atoms with Crippen molar-refractivity contribution in [2.45, 2.75) is 60.4 Å². The van der Waals surface area contributed by atoms with Gasteiger partial charge in [0.2, 0.25) is 0 Å². The highest BCUT2D eigenvalue weighted by Gasteiger charge is 2.48. The van der Waals surface area contributed by atoms with Crippen molar-refractivity contribution in [3.8, 4) is 28.4 Å². The molecule has 3 heterocycles. The summed E-state index contributed by atoms with van der Waals surface area (Å²) in [5.74, 6) is 0.0671. The Morgan fingerprint density at radius 2 is 1.50 bits per heavy atom. The van der Waals surface area contributed by atoms with Gasteiger partial charge in [-0.15, -0.1) is 0 Å². The second-order valence-electron chi connectivity index (χ2n) is 17.7. The number of amides is 1. The van der Waals surface area contributed by atoms with Crippen LogP contribution in [-0.4, -0.2) is 110 Å². The average molecular weight is 1020 g/mol. The molecule has 3 fully saturated rings. The number of rotatable bonds is 18. The van der Waals surface area contributed by atoms with Gasteiger partial charge in [-0.2, -0.15) is 13.2 Å². The summed E-state index contributed by atoms with van der Waals surface area (Å²) in [5, 5.41) is 3.41. The van der Waals surface area contributed by atoms with Gasteiger partial charge >= 0.3 is 5.51 Å². The molecule has 0 atom stereocenters. The molecule has 0 radical (unpaired) electrons. The summed E-state index contributed by atoms with van der Waals surface area (Å²) in [5.41, 5.74) is -2.46. The number of halogens is 4. The minimum Gasteiger partial charge on any atom is -0.493 e. The van der Waals surface area contributed by atoms with Gasteiger partial charge in [-0.25, -0.2) is 21.6 Å². The molecule has 8 rings (SSSR count). The lowest BCUT2D eigenvalue weighted by Crippen LogP contribution is -2.46. The lowest BCUT2D eigenvalue weighted by molar-refractivity contribution is -0.0435. The topological polar surface area (TPSA) is 147 Å². The molecule has 5 aromatic carbocycles. The maximum absolute atomic E-state index is 14.0. The first-order chi connectivity index (χ1) is 33.6. The molecule has 0 bridgehead atoms. The molecule has 0 spiro atoms. The Kier molecular flexibility index (Phi) is 16.6. The number of hydrogen-bond acceptors (Lipinski definition) is 12. The highest BCUT2D eigenvalue weighted by Crippen LogP contribution is 2.38. The zero-order chi connectivity index (χ0) is 49.3. The molecule has 3 saturated heterocycles. The fourth-order valence-electron chi connectivity index (χ4n) is 9.00. The van der Waals surface area contributed by atoms with E-state index in [1.54, 1.807) is 42.5 Å². The number of nitrogens with one attached hydrogen (secondary N) is 2. The lowest BCUT2D eigenvalue weighted by Gasteiger charge is -2.37. The maximum atomic E-state index is 14.0. The van der Waals surface area contributed by atoms with Gasteiger partial charge in [-0.05, 0) is 123 Å². The van der Waals surface area contributed by atoms with Crippen molar-refractivity contribution in [2.24, 2.45) is 5.92 Å². The zero-order valence-corrected chi connectivity index (χ0v) is 41.0. The van der Waals surface area contributed by atoms with E-state index in [2.05, 4.69) is 26.1 Å². The number of hydrogen-bond donors (Lipinski definition) is 2. The van der Waals surface area contributed by atoms with Crippen LogP contribution in [0.2, 0.25) is 5.02 Å². The smallest absolute Gasteiger partial charge is 0.493 e. The van der Waals surface area contributed by atoms with Crippen LogP contribution in [-0.2, 0) is 31.1 Å². The number of nitrogens with zero attached hydrogens (tertiary/aromatic N) is 3. The van der Waals surface area contributed by atoms with E-state index in [9.17, 15) is 34.8 Å². The number of anilines is 2. The third-order valence-electron chi connectivity index (χ3n) is 12.9. The quantitative estimate of drug-likeness (QED) is 0.0806. The van der Waals surface area contributed by atoms with Crippen molar-refractivity contribution in [1.82, 2.24) is 14.5 Å². The van der Waals surface area contributed by atoms with Gasteiger partial charge < -0.3 is 29.3 Å². The molecule has 19 heteroatoms. The highest BCUT2D eigenvalue weighted by atomic mass is 35.5. The van der Waals surface area contributed by atoms with Gasteiger partial charge in [-0.3, -0.25) is 9.69 Å². The average Bonchev–Trinajstić information content (AvgIpc) is 3.36. The number of para-hydroxylation sites is 1. The van der Waals surface area contributed by atoms with E-state index >= 15 is 0 Å². The van der Waals surface area contributed by atoms with E-state index in [0.29, 0.717) is 87.9 Å². The normalized spacial score (nSPS) is 16.7. The van der Waals surface area contributed by atoms with E-state index in [4.69, 9.17) is 25.8 Å². The molecule has 70 heavy (non-hydrogen) atoms. The summed E-state index contributed by atoms with van der Waals surface area (Å²) in [6, 6.07) is 29.6. The molecular weight excluding hydrogens is 967 g/mol. The standard InChI is InChI=1S/C51H57ClF3N5O8S2/c52-39-15-13-38(14-16-39)43-11-7-12-47(67-30-8-25-58-23-5-2-6-24-58)45(43)36-59-26-28-60(29-27-59)40-17-19-44(48(33-40)68-41-9-3-1-4-10-41)50(61)57-70(64,65)42-18-20-46(56-35-37-21-31-66-32-22-37)49(34-42)69(62,63)51(53,54)55/h1,3-4,7,9-20,33-34,37,56H,2,5-6,8,21-32,35-36H2,(H,57,61). The summed E-state index contributed by atoms with van der Waals surface area (Å²) in [4.78, 5) is 18.8. The minimum atomic E-state index is -6.03. The summed E-state index contributed by atoms with van der Waals surface area (Å²) in [6.07, 6.45) is 5.92. The summed E-state index contributed by atoms with van der Waals surface area (Å²) < 4.78 is 115. The van der Waals surface area contributed by atoms with Crippen LogP contribution < -0.4 is 24.4 Å². The molecule has 0 aromatic heterocycles. The molecule has 3 aliphatic rings. The first-order valence-electron chi connectivity index (χ1n) is 23.6. The Labute approximate surface area is 412 Å². The van der Waals surface area contributed by atoms with Crippen LogP contribution in [0.4, 0.5) is 24.5 Å². The van der Waals surface area contributed by atoms with Crippen LogP contribution in [0.3, 0.4) is 0 Å². The Morgan fingerprint density at radius 1 is 0.771 bits per heavy atom. The van der Waals surface area contributed by atoms with Crippen molar-refractivity contribution >= 4 is 48.7 Å². The second kappa shape index (κ2) is 22.8. The number of carbonyl (C=O) groups is 1. The molecule has 374 valence electrons. The number of benzene rings is 5. The van der Waals surface area contributed by atoms with Gasteiger partial charge in [0, 0.05) is 81.4 Å². The molecule has 0 unspecified atom stereocenters. The Hall–Kier alpha value is -5.37. The largest absolute Gasteiger partial charge is 0.501 e. The summed E-state index contributed by atoms with van der Waals surface area (Å²) in [7, 11) is -11.0. The molecule has 0 saturated carbocycles. The first-order valence-corrected chi connectivity index (χ1v) is 26.9. The number of ether oxygens (including phenoxy) is 3. The number of piperidine rings is 1. The van der Waals surface area contributed by atoms with E-state index in [-0.39, 0.29) is 23.8 Å². The lowest BCUT2D eigenvalue weighted by atomic mass is 9.98. The van der Waals surface area contributed by atoms with Crippen molar-refractivity contribution < 1.29 is 49.0 Å². The van der Waals surface area contributed by atoms with Crippen LogP contribution in [0, 0.1) is 5.92 Å². The van der Waals surface area contributed by atoms with Crippen LogP contribution in [0.1, 0.15) is 54.4 Å². The minimum absolute atomic E-state index is 0.00605. The van der Waals surface area contributed by atoms with Crippen molar-refractivity contribution in [1.29, 1.82) is 0 Å². The van der Waals surface area contributed by atoms with E-state index < -0.39 is 46.8 Å². The Bertz CT molecular complexity index is 2800. The van der Waals surface area contributed by atoms with Gasteiger partial charge in [-0.1, -0.05) is 60.5 Å². The number of likely N-dealkylation sites (tertiary alicyclic amines) is 1. The first kappa shape index (κ1) is 51.0. The zero-order valence-electron chi connectivity index (χ0n) is 38.6. The molecule has 1 amide bonds. The number of piperazine rings is 1. The van der Waals surface area contributed by atoms with E-state index in [1.807, 2.05) is 41.1 Å². The number of carbonyl (C=O) groups excluding carboxylic acids is 1. The van der Waals surface area contributed by atoms with Gasteiger partial charge in [0.1, 0.15) is 22.1 Å². The summed E-state index contributed by atoms with van der Waals surface area (Å²) in [6.45, 7) is 8.10. The van der Waals surface area contributed by atoms with Crippen LogP contribution in [0.25, 0.3) is 11.1 Å². The molecule has 13 nitrogen and oxygen atoms in total. The maximum Gasteiger partial charge on any atom is 0.501 e. The third-order valence-corrected chi connectivity index (χ3v) is 16.0. The number of sulfonamides is 1. The third kappa shape index (κ3) is 12.7. The molecule has 5 aromatic rings. The van der Waals surface area contributed by atoms with Gasteiger partial charge in [0.05, 0.1) is 22.8 Å². The van der Waals surface area contributed by atoms with Crippen molar-refractivity contribution in [3.05, 3.63) is 125 Å². The molecule has 0 aliphatic carbocycles. The summed E-state index contributed by atoms with van der Waals surface area (Å²) >= 11 is 6.28. The monoisotopic (exact) mass is 1020 g/mol. The predicted octanol–water partition coefficient (Wildman–Crippen LogP) is 9.63.